The minimum atomic E-state index is -0.0371. The van der Waals surface area contributed by atoms with Crippen molar-refractivity contribution in [1.82, 2.24) is 10.6 Å². The highest BCUT2D eigenvalue weighted by Crippen LogP contribution is 1.94. The summed E-state index contributed by atoms with van der Waals surface area (Å²) in [6.07, 6.45) is 0. The molecule has 0 aliphatic carbocycles. The van der Waals surface area contributed by atoms with Crippen LogP contribution in [0.3, 0.4) is 0 Å². The summed E-state index contributed by atoms with van der Waals surface area (Å²) in [6, 6.07) is 0. The molecule has 0 fully saturated rings. The van der Waals surface area contributed by atoms with Crippen LogP contribution in [0.4, 0.5) is 0 Å². The first kappa shape index (κ1) is 12.9. The molecule has 0 atom stereocenters. The summed E-state index contributed by atoms with van der Waals surface area (Å²) in [4.78, 5) is 21.7. The van der Waals surface area contributed by atoms with Crippen LogP contribution in [-0.2, 0) is 9.59 Å². The van der Waals surface area contributed by atoms with Crippen molar-refractivity contribution in [2.45, 2.75) is 6.92 Å². The number of hydrogen-bond acceptors (Lipinski definition) is 2. The zero-order valence-corrected chi connectivity index (χ0v) is 9.39. The Morgan fingerprint density at radius 3 is 2.29 bits per heavy atom. The molecule has 14 heavy (non-hydrogen) atoms. The van der Waals surface area contributed by atoms with Crippen LogP contribution < -0.4 is 10.6 Å². The third-order valence-electron chi connectivity index (χ3n) is 1.94. The van der Waals surface area contributed by atoms with E-state index >= 15 is 0 Å². The van der Waals surface area contributed by atoms with Gasteiger partial charge in [-0.05, 0) is 0 Å². The van der Waals surface area contributed by atoms with Crippen LogP contribution in [0, 0.1) is 0 Å². The summed E-state index contributed by atoms with van der Waals surface area (Å²) in [5.74, 6) is -0.0252. The van der Waals surface area contributed by atoms with E-state index in [9.17, 15) is 9.59 Å². The highest BCUT2D eigenvalue weighted by atomic mass is 16.2. The molecule has 0 aromatic rings. The Balaban J connectivity index is 3.82. The van der Waals surface area contributed by atoms with Gasteiger partial charge < -0.3 is 15.1 Å². The van der Waals surface area contributed by atoms with Crippen molar-refractivity contribution in [2.24, 2.45) is 0 Å². The van der Waals surface area contributed by atoms with Crippen LogP contribution in [-0.4, -0.2) is 57.1 Å². The molecule has 0 aliphatic heterocycles. The van der Waals surface area contributed by atoms with E-state index in [-0.39, 0.29) is 11.8 Å². The van der Waals surface area contributed by atoms with Crippen molar-refractivity contribution in [3.8, 4) is 0 Å². The van der Waals surface area contributed by atoms with E-state index in [0.29, 0.717) is 17.6 Å². The van der Waals surface area contributed by atoms with Gasteiger partial charge in [-0.1, -0.05) is 0 Å². The second-order valence-electron chi connectivity index (χ2n) is 3.97. The maximum atomic E-state index is 11.1. The van der Waals surface area contributed by atoms with Gasteiger partial charge in [0.1, 0.15) is 0 Å². The Morgan fingerprint density at radius 1 is 1.29 bits per heavy atom. The van der Waals surface area contributed by atoms with E-state index < -0.39 is 0 Å². The van der Waals surface area contributed by atoms with Gasteiger partial charge in [0, 0.05) is 14.0 Å². The molecule has 0 spiro atoms. The number of carbonyl (C=O) groups excluding carboxylic acids is 2. The normalized spacial score (nSPS) is 10.9. The predicted octanol–water partition coefficient (Wildman–Crippen LogP) is -1.06. The summed E-state index contributed by atoms with van der Waals surface area (Å²) in [6.45, 7) is 3.25. The molecule has 0 saturated heterocycles. The topological polar surface area (TPSA) is 58.2 Å². The molecule has 5 nitrogen and oxygen atoms in total. The Hall–Kier alpha value is -1.10. The van der Waals surface area contributed by atoms with Crippen LogP contribution in [0.25, 0.3) is 0 Å². The van der Waals surface area contributed by atoms with E-state index in [1.165, 1.54) is 6.92 Å². The smallest absolute Gasteiger partial charge is 0.274 e. The molecule has 82 valence electrons. The number of rotatable bonds is 5. The number of nitrogens with zero attached hydrogens (tertiary/aromatic N) is 1. The monoisotopic (exact) mass is 202 g/mol. The van der Waals surface area contributed by atoms with Gasteiger partial charge in [0.15, 0.2) is 6.54 Å². The first-order valence-corrected chi connectivity index (χ1v) is 4.64. The van der Waals surface area contributed by atoms with Crippen molar-refractivity contribution in [3.05, 3.63) is 0 Å². The number of amides is 2. The summed E-state index contributed by atoms with van der Waals surface area (Å²) in [5, 5.41) is 5.28. The Kier molecular flexibility index (Phi) is 5.15. The van der Waals surface area contributed by atoms with Crippen LogP contribution in [0.15, 0.2) is 0 Å². The van der Waals surface area contributed by atoms with Gasteiger partial charge in [-0.15, -0.1) is 0 Å². The molecular formula is C9H20N3O2+. The standard InChI is InChI=1S/C9H19N3O2/c1-8(13)11-5-6-12(3,4)7-9(14)10-2/h5-7H2,1-4H3,(H-,10,11,13,14)/p+1. The van der Waals surface area contributed by atoms with Gasteiger partial charge in [0.25, 0.3) is 5.91 Å². The Labute approximate surface area is 85.1 Å². The fraction of sp³-hybridized carbons (Fsp3) is 0.778. The highest BCUT2D eigenvalue weighted by molar-refractivity contribution is 5.76. The number of carbonyl (C=O) groups is 2. The molecule has 2 amide bonds. The van der Waals surface area contributed by atoms with Crippen LogP contribution >= 0.6 is 0 Å². The lowest BCUT2D eigenvalue weighted by Crippen LogP contribution is -2.50. The molecule has 0 heterocycles. The summed E-state index contributed by atoms with van der Waals surface area (Å²) in [7, 11) is 5.53. The average Bonchev–Trinajstić information content (AvgIpc) is 2.02. The SMILES string of the molecule is CNC(=O)C[N+](C)(C)CCNC(C)=O. The van der Waals surface area contributed by atoms with Crippen LogP contribution in [0.2, 0.25) is 0 Å². The van der Waals surface area contributed by atoms with Gasteiger partial charge >= 0.3 is 0 Å². The minimum Gasteiger partial charge on any atom is -0.354 e. The van der Waals surface area contributed by atoms with Gasteiger partial charge in [-0.2, -0.15) is 0 Å². The molecule has 2 N–H and O–H groups in total. The lowest BCUT2D eigenvalue weighted by atomic mass is 10.4. The molecule has 0 rings (SSSR count). The summed E-state index contributed by atoms with van der Waals surface area (Å²) in [5.41, 5.74) is 0. The van der Waals surface area contributed by atoms with Gasteiger partial charge in [0.05, 0.1) is 27.2 Å². The van der Waals surface area contributed by atoms with E-state index in [2.05, 4.69) is 10.6 Å². The summed E-state index contributed by atoms with van der Waals surface area (Å²) >= 11 is 0. The minimum absolute atomic E-state index is 0.0119. The van der Waals surface area contributed by atoms with Crippen LogP contribution in [0.1, 0.15) is 6.92 Å². The maximum Gasteiger partial charge on any atom is 0.274 e. The second-order valence-corrected chi connectivity index (χ2v) is 3.97. The molecule has 0 aliphatic rings. The van der Waals surface area contributed by atoms with Gasteiger partial charge in [-0.3, -0.25) is 9.59 Å². The number of likely N-dealkylation sites (N-methyl/N-ethyl adjacent to an activating group) is 2. The molecule has 0 aromatic heterocycles. The largest absolute Gasteiger partial charge is 0.354 e. The zero-order chi connectivity index (χ0) is 11.2. The van der Waals surface area contributed by atoms with E-state index in [4.69, 9.17) is 0 Å². The fourth-order valence-corrected chi connectivity index (χ4v) is 1.08. The lowest BCUT2D eigenvalue weighted by Gasteiger charge is -2.28. The molecule has 0 unspecified atom stereocenters. The molecule has 0 radical (unpaired) electrons. The van der Waals surface area contributed by atoms with Crippen molar-refractivity contribution in [3.63, 3.8) is 0 Å². The van der Waals surface area contributed by atoms with E-state index in [0.717, 1.165) is 6.54 Å². The molecular weight excluding hydrogens is 182 g/mol. The third kappa shape index (κ3) is 6.42. The van der Waals surface area contributed by atoms with Gasteiger partial charge in [0.2, 0.25) is 5.91 Å². The van der Waals surface area contributed by atoms with Crippen LogP contribution in [0.5, 0.6) is 0 Å². The average molecular weight is 202 g/mol. The molecule has 5 heteroatoms. The van der Waals surface area contributed by atoms with Crippen molar-refractivity contribution in [1.29, 1.82) is 0 Å². The van der Waals surface area contributed by atoms with Crippen molar-refractivity contribution >= 4 is 11.8 Å². The highest BCUT2D eigenvalue weighted by Gasteiger charge is 2.18. The quantitative estimate of drug-likeness (QED) is 0.559. The maximum absolute atomic E-state index is 11.1. The molecule has 0 bridgehead atoms. The second kappa shape index (κ2) is 5.59. The fourth-order valence-electron chi connectivity index (χ4n) is 1.08. The first-order chi connectivity index (χ1) is 6.37. The third-order valence-corrected chi connectivity index (χ3v) is 1.94. The molecule has 0 aromatic carbocycles. The lowest BCUT2D eigenvalue weighted by molar-refractivity contribution is -0.881. The number of quaternary nitrogens is 1. The zero-order valence-electron chi connectivity index (χ0n) is 9.39. The van der Waals surface area contributed by atoms with E-state index in [1.807, 2.05) is 14.1 Å². The first-order valence-electron chi connectivity index (χ1n) is 4.64. The van der Waals surface area contributed by atoms with Gasteiger partial charge in [-0.25, -0.2) is 0 Å². The van der Waals surface area contributed by atoms with Crippen molar-refractivity contribution < 1.29 is 14.1 Å². The number of nitrogens with one attached hydrogen (secondary N) is 2. The van der Waals surface area contributed by atoms with E-state index in [1.54, 1.807) is 7.05 Å². The predicted molar refractivity (Wildman–Crippen MR) is 54.6 cm³/mol. The summed E-state index contributed by atoms with van der Waals surface area (Å²) < 4.78 is 0.569. The Bertz CT molecular complexity index is 214. The Morgan fingerprint density at radius 2 is 1.86 bits per heavy atom. The van der Waals surface area contributed by atoms with Crippen molar-refractivity contribution in [2.75, 3.05) is 40.8 Å². The molecule has 0 saturated carbocycles. The number of hydrogen-bond donors (Lipinski definition) is 2.